The number of hydrazone groups is 1. The number of phenols is 1. The Bertz CT molecular complexity index is 784. The quantitative estimate of drug-likeness (QED) is 0.669. The number of nitrogens with zero attached hydrogens (tertiary/aromatic N) is 2. The Kier molecular flexibility index (Phi) is 4.56. The molecule has 3 rings (SSSR count). The number of hydrogen-bond donors (Lipinski definition) is 2. The van der Waals surface area contributed by atoms with E-state index >= 15 is 0 Å². The lowest BCUT2D eigenvalue weighted by atomic mass is 10.2. The molecule has 2 aromatic carbocycles. The van der Waals surface area contributed by atoms with Crippen molar-refractivity contribution in [1.29, 1.82) is 0 Å². The molecule has 0 atom stereocenters. The maximum Gasteiger partial charge on any atom is 0.271 e. The second-order valence-corrected chi connectivity index (χ2v) is 5.45. The summed E-state index contributed by atoms with van der Waals surface area (Å²) in [7, 11) is 0. The summed E-state index contributed by atoms with van der Waals surface area (Å²) in [4.78, 5) is 25.5. The van der Waals surface area contributed by atoms with Crippen molar-refractivity contribution in [3.8, 4) is 5.75 Å². The summed E-state index contributed by atoms with van der Waals surface area (Å²) in [5, 5.41) is 13.5. The Balaban J connectivity index is 1.63. The van der Waals surface area contributed by atoms with Crippen molar-refractivity contribution in [3.05, 3.63) is 59.7 Å². The first kappa shape index (κ1) is 15.7. The molecule has 2 aromatic rings. The van der Waals surface area contributed by atoms with E-state index in [0.717, 1.165) is 18.7 Å². The van der Waals surface area contributed by atoms with Gasteiger partial charge in [0.2, 0.25) is 5.91 Å². The third kappa shape index (κ3) is 3.43. The predicted octanol–water partition coefficient (Wildman–Crippen LogP) is 2.28. The van der Waals surface area contributed by atoms with Gasteiger partial charge in [-0.3, -0.25) is 9.59 Å². The monoisotopic (exact) mass is 323 g/mol. The normalized spacial score (nSPS) is 14.3. The molecule has 0 saturated carbocycles. The van der Waals surface area contributed by atoms with Gasteiger partial charge in [0.05, 0.1) is 6.21 Å². The molecule has 0 aliphatic carbocycles. The second-order valence-electron chi connectivity index (χ2n) is 5.45. The summed E-state index contributed by atoms with van der Waals surface area (Å²) in [6, 6.07) is 13.5. The molecule has 1 saturated heterocycles. The van der Waals surface area contributed by atoms with E-state index in [-0.39, 0.29) is 17.6 Å². The van der Waals surface area contributed by atoms with Crippen LogP contribution in [-0.4, -0.2) is 29.7 Å². The Labute approximate surface area is 139 Å². The Morgan fingerprint density at radius 1 is 1.17 bits per heavy atom. The highest BCUT2D eigenvalue weighted by atomic mass is 16.3. The smallest absolute Gasteiger partial charge is 0.271 e. The minimum Gasteiger partial charge on any atom is -0.507 e. The van der Waals surface area contributed by atoms with Crippen LogP contribution in [0.25, 0.3) is 0 Å². The molecule has 6 heteroatoms. The fourth-order valence-corrected chi connectivity index (χ4v) is 2.54. The van der Waals surface area contributed by atoms with E-state index in [1.807, 2.05) is 0 Å². The largest absolute Gasteiger partial charge is 0.507 e. The van der Waals surface area contributed by atoms with Crippen LogP contribution >= 0.6 is 0 Å². The average molecular weight is 323 g/mol. The topological polar surface area (TPSA) is 82.0 Å². The lowest BCUT2D eigenvalue weighted by molar-refractivity contribution is -0.117. The van der Waals surface area contributed by atoms with Crippen molar-refractivity contribution < 1.29 is 14.7 Å². The Morgan fingerprint density at radius 2 is 1.92 bits per heavy atom. The van der Waals surface area contributed by atoms with Crippen molar-refractivity contribution in [3.63, 3.8) is 0 Å². The van der Waals surface area contributed by atoms with Gasteiger partial charge in [0.1, 0.15) is 5.75 Å². The fourth-order valence-electron chi connectivity index (χ4n) is 2.54. The maximum atomic E-state index is 12.0. The number of phenolic OH excluding ortho intramolecular Hbond substituents is 1. The number of aromatic hydroxyl groups is 1. The van der Waals surface area contributed by atoms with Gasteiger partial charge in [-0.15, -0.1) is 0 Å². The summed E-state index contributed by atoms with van der Waals surface area (Å²) < 4.78 is 0. The molecular formula is C18H17N3O3. The SMILES string of the molecule is O=C(N/N=C\c1ccccc1O)c1ccc(N2CCCC2=O)cc1. The number of hydrogen-bond acceptors (Lipinski definition) is 4. The first-order chi connectivity index (χ1) is 11.6. The van der Waals surface area contributed by atoms with Gasteiger partial charge < -0.3 is 10.0 Å². The number of nitrogens with one attached hydrogen (secondary N) is 1. The van der Waals surface area contributed by atoms with E-state index in [2.05, 4.69) is 10.5 Å². The van der Waals surface area contributed by atoms with E-state index in [1.165, 1.54) is 6.21 Å². The molecule has 6 nitrogen and oxygen atoms in total. The van der Waals surface area contributed by atoms with Gasteiger partial charge in [-0.25, -0.2) is 5.43 Å². The molecule has 0 bridgehead atoms. The van der Waals surface area contributed by atoms with Crippen LogP contribution in [0.15, 0.2) is 53.6 Å². The zero-order valence-corrected chi connectivity index (χ0v) is 13.0. The van der Waals surface area contributed by atoms with Crippen molar-refractivity contribution in [1.82, 2.24) is 5.43 Å². The highest BCUT2D eigenvalue weighted by Gasteiger charge is 2.21. The Morgan fingerprint density at radius 3 is 2.58 bits per heavy atom. The zero-order chi connectivity index (χ0) is 16.9. The van der Waals surface area contributed by atoms with Crippen LogP contribution in [0.4, 0.5) is 5.69 Å². The third-order valence-electron chi connectivity index (χ3n) is 3.82. The molecule has 24 heavy (non-hydrogen) atoms. The van der Waals surface area contributed by atoms with Gasteiger partial charge in [0.25, 0.3) is 5.91 Å². The summed E-state index contributed by atoms with van der Waals surface area (Å²) in [5.41, 5.74) is 4.17. The first-order valence-electron chi connectivity index (χ1n) is 7.67. The van der Waals surface area contributed by atoms with E-state index in [9.17, 15) is 14.7 Å². The van der Waals surface area contributed by atoms with Gasteiger partial charge in [0.15, 0.2) is 0 Å². The number of carbonyl (C=O) groups excluding carboxylic acids is 2. The lowest BCUT2D eigenvalue weighted by Gasteiger charge is -2.15. The van der Waals surface area contributed by atoms with E-state index in [4.69, 9.17) is 0 Å². The first-order valence-corrected chi connectivity index (χ1v) is 7.67. The van der Waals surface area contributed by atoms with Crippen LogP contribution in [-0.2, 0) is 4.79 Å². The summed E-state index contributed by atoms with van der Waals surface area (Å²) in [5.74, 6) is -0.157. The van der Waals surface area contributed by atoms with Gasteiger partial charge in [-0.1, -0.05) is 12.1 Å². The highest BCUT2D eigenvalue weighted by molar-refractivity contribution is 5.98. The maximum absolute atomic E-state index is 12.0. The fraction of sp³-hybridized carbons (Fsp3) is 0.167. The highest BCUT2D eigenvalue weighted by Crippen LogP contribution is 2.21. The third-order valence-corrected chi connectivity index (χ3v) is 3.82. The summed E-state index contributed by atoms with van der Waals surface area (Å²) in [6.07, 6.45) is 2.82. The number of amides is 2. The minimum absolute atomic E-state index is 0.0927. The lowest BCUT2D eigenvalue weighted by Crippen LogP contribution is -2.24. The van der Waals surface area contributed by atoms with E-state index in [1.54, 1.807) is 53.4 Å². The molecule has 1 fully saturated rings. The van der Waals surface area contributed by atoms with Gasteiger partial charge >= 0.3 is 0 Å². The minimum atomic E-state index is -0.360. The van der Waals surface area contributed by atoms with Crippen LogP contribution in [0.5, 0.6) is 5.75 Å². The van der Waals surface area contributed by atoms with Crippen LogP contribution in [0, 0.1) is 0 Å². The van der Waals surface area contributed by atoms with Crippen molar-refractivity contribution in [2.45, 2.75) is 12.8 Å². The molecule has 0 spiro atoms. The number of para-hydroxylation sites is 1. The van der Waals surface area contributed by atoms with Crippen LogP contribution < -0.4 is 10.3 Å². The molecule has 1 heterocycles. The number of carbonyl (C=O) groups is 2. The van der Waals surface area contributed by atoms with Crippen molar-refractivity contribution in [2.24, 2.45) is 5.10 Å². The predicted molar refractivity (Wildman–Crippen MR) is 91.2 cm³/mol. The van der Waals surface area contributed by atoms with Crippen LogP contribution in [0.2, 0.25) is 0 Å². The number of anilines is 1. The molecule has 0 unspecified atom stereocenters. The zero-order valence-electron chi connectivity index (χ0n) is 13.0. The molecule has 1 aliphatic heterocycles. The van der Waals surface area contributed by atoms with Gasteiger partial charge in [-0.2, -0.15) is 5.10 Å². The van der Waals surface area contributed by atoms with E-state index < -0.39 is 0 Å². The number of rotatable bonds is 4. The second kappa shape index (κ2) is 6.95. The van der Waals surface area contributed by atoms with Gasteiger partial charge in [-0.05, 0) is 42.8 Å². The molecular weight excluding hydrogens is 306 g/mol. The summed E-state index contributed by atoms with van der Waals surface area (Å²) >= 11 is 0. The van der Waals surface area contributed by atoms with E-state index in [0.29, 0.717) is 17.5 Å². The molecule has 2 N–H and O–H groups in total. The molecule has 1 aliphatic rings. The summed E-state index contributed by atoms with van der Waals surface area (Å²) in [6.45, 7) is 0.717. The van der Waals surface area contributed by atoms with Crippen LogP contribution in [0.1, 0.15) is 28.8 Å². The van der Waals surface area contributed by atoms with Crippen molar-refractivity contribution >= 4 is 23.7 Å². The molecule has 0 aromatic heterocycles. The average Bonchev–Trinajstić information content (AvgIpc) is 3.03. The standard InChI is InChI=1S/C18H17N3O3/c22-16-5-2-1-4-14(16)12-19-20-18(24)13-7-9-15(10-8-13)21-11-3-6-17(21)23/h1-2,4-5,7-10,12,22H,3,6,11H2,(H,20,24)/b19-12-. The Hall–Kier alpha value is -3.15. The molecule has 2 amide bonds. The van der Waals surface area contributed by atoms with Crippen LogP contribution in [0.3, 0.4) is 0 Å². The number of benzene rings is 2. The molecule has 0 radical (unpaired) electrons. The van der Waals surface area contributed by atoms with Gasteiger partial charge in [0, 0.05) is 29.8 Å². The molecule has 122 valence electrons. The van der Waals surface area contributed by atoms with Crippen molar-refractivity contribution in [2.75, 3.05) is 11.4 Å².